The van der Waals surface area contributed by atoms with E-state index < -0.39 is 12.0 Å². The highest BCUT2D eigenvalue weighted by Crippen LogP contribution is 1.88. The van der Waals surface area contributed by atoms with Crippen LogP contribution in [0.2, 0.25) is 0 Å². The Morgan fingerprint density at radius 1 is 1.50 bits per heavy atom. The lowest BCUT2D eigenvalue weighted by atomic mass is 10.3. The number of rotatable bonds is 6. The van der Waals surface area contributed by atoms with Crippen LogP contribution in [0.3, 0.4) is 0 Å². The van der Waals surface area contributed by atoms with Crippen LogP contribution in [0.15, 0.2) is 0 Å². The fraction of sp³-hybridized carbons (Fsp3) is 0.875. The summed E-state index contributed by atoms with van der Waals surface area (Å²) in [6, 6.07) is -0.642. The number of carbonyl (C=O) groups is 1. The minimum atomic E-state index is -0.642. The van der Waals surface area contributed by atoms with Crippen LogP contribution in [0.25, 0.3) is 0 Å². The maximum absolute atomic E-state index is 10.9. The van der Waals surface area contributed by atoms with Crippen molar-refractivity contribution in [2.45, 2.75) is 26.3 Å². The summed E-state index contributed by atoms with van der Waals surface area (Å²) < 4.78 is 9.78. The highest BCUT2D eigenvalue weighted by molar-refractivity contribution is 5.75. The second-order valence-electron chi connectivity index (χ2n) is 2.43. The molecule has 0 saturated carbocycles. The average molecular weight is 175 g/mol. The second-order valence-corrected chi connectivity index (χ2v) is 2.43. The molecule has 2 N–H and O–H groups in total. The molecule has 0 fully saturated rings. The topological polar surface area (TPSA) is 61.5 Å². The van der Waals surface area contributed by atoms with Crippen molar-refractivity contribution in [3.8, 4) is 0 Å². The van der Waals surface area contributed by atoms with Gasteiger partial charge in [-0.2, -0.15) is 0 Å². The minimum absolute atomic E-state index is 0.243. The minimum Gasteiger partial charge on any atom is -0.465 e. The third kappa shape index (κ3) is 5.09. The van der Waals surface area contributed by atoms with Crippen LogP contribution in [0, 0.1) is 0 Å². The number of hydrogen-bond acceptors (Lipinski definition) is 4. The van der Waals surface area contributed by atoms with Gasteiger partial charge in [0.05, 0.1) is 13.2 Å². The predicted octanol–water partition coefficient (Wildman–Crippen LogP) is 0.303. The molecule has 0 saturated heterocycles. The molecular weight excluding hydrogens is 158 g/mol. The fourth-order valence-electron chi connectivity index (χ4n) is 0.672. The SMILES string of the molecule is CCCOCC(N)C(=O)OCC. The van der Waals surface area contributed by atoms with E-state index in [-0.39, 0.29) is 6.61 Å². The smallest absolute Gasteiger partial charge is 0.325 e. The van der Waals surface area contributed by atoms with Crippen molar-refractivity contribution < 1.29 is 14.3 Å². The second kappa shape index (κ2) is 7.06. The zero-order valence-corrected chi connectivity index (χ0v) is 7.71. The summed E-state index contributed by atoms with van der Waals surface area (Å²) in [5.74, 6) is -0.395. The first-order valence-corrected chi connectivity index (χ1v) is 4.22. The van der Waals surface area contributed by atoms with Crippen molar-refractivity contribution in [3.63, 3.8) is 0 Å². The molecule has 1 unspecified atom stereocenters. The Bertz CT molecular complexity index is 127. The number of ether oxygens (including phenoxy) is 2. The normalized spacial score (nSPS) is 12.6. The highest BCUT2D eigenvalue weighted by atomic mass is 16.5. The number of carbonyl (C=O) groups excluding carboxylic acids is 1. The maximum atomic E-state index is 10.9. The van der Waals surface area contributed by atoms with Gasteiger partial charge in [-0.05, 0) is 13.3 Å². The molecule has 0 aromatic rings. The Balaban J connectivity index is 3.42. The lowest BCUT2D eigenvalue weighted by molar-refractivity contribution is -0.146. The van der Waals surface area contributed by atoms with Crippen LogP contribution in [-0.2, 0) is 14.3 Å². The molecule has 4 heteroatoms. The Morgan fingerprint density at radius 2 is 2.17 bits per heavy atom. The molecule has 0 aliphatic carbocycles. The van der Waals surface area contributed by atoms with Crippen molar-refractivity contribution in [1.29, 1.82) is 0 Å². The molecule has 0 aromatic heterocycles. The van der Waals surface area contributed by atoms with E-state index in [9.17, 15) is 4.79 Å². The predicted molar refractivity (Wildman–Crippen MR) is 45.7 cm³/mol. The summed E-state index contributed by atoms with van der Waals surface area (Å²) in [7, 11) is 0. The van der Waals surface area contributed by atoms with Gasteiger partial charge in [0, 0.05) is 6.61 Å². The van der Waals surface area contributed by atoms with Crippen LogP contribution in [-0.4, -0.2) is 31.8 Å². The van der Waals surface area contributed by atoms with E-state index in [2.05, 4.69) is 0 Å². The molecule has 72 valence electrons. The Labute approximate surface area is 73.0 Å². The highest BCUT2D eigenvalue weighted by Gasteiger charge is 2.13. The van der Waals surface area contributed by atoms with Gasteiger partial charge in [-0.25, -0.2) is 0 Å². The largest absolute Gasteiger partial charge is 0.465 e. The van der Waals surface area contributed by atoms with Crippen molar-refractivity contribution in [1.82, 2.24) is 0 Å². The van der Waals surface area contributed by atoms with Crippen molar-refractivity contribution in [2.75, 3.05) is 19.8 Å². The van der Waals surface area contributed by atoms with Crippen LogP contribution >= 0.6 is 0 Å². The average Bonchev–Trinajstić information content (AvgIpc) is 2.05. The molecule has 0 rings (SSSR count). The molecule has 0 bridgehead atoms. The van der Waals surface area contributed by atoms with Crippen LogP contribution < -0.4 is 5.73 Å². The quantitative estimate of drug-likeness (QED) is 0.466. The number of hydrogen-bond donors (Lipinski definition) is 1. The summed E-state index contributed by atoms with van der Waals surface area (Å²) >= 11 is 0. The first-order valence-electron chi connectivity index (χ1n) is 4.22. The van der Waals surface area contributed by atoms with E-state index in [1.165, 1.54) is 0 Å². The monoisotopic (exact) mass is 175 g/mol. The van der Waals surface area contributed by atoms with Gasteiger partial charge in [0.15, 0.2) is 0 Å². The Hall–Kier alpha value is -0.610. The Kier molecular flexibility index (Phi) is 6.70. The summed E-state index contributed by atoms with van der Waals surface area (Å²) in [5.41, 5.74) is 5.44. The number of nitrogens with two attached hydrogens (primary N) is 1. The fourth-order valence-corrected chi connectivity index (χ4v) is 0.672. The van der Waals surface area contributed by atoms with Gasteiger partial charge >= 0.3 is 5.97 Å². The zero-order chi connectivity index (χ0) is 9.40. The summed E-state index contributed by atoms with van der Waals surface area (Å²) in [6.45, 7) is 4.98. The van der Waals surface area contributed by atoms with Crippen LogP contribution in [0.1, 0.15) is 20.3 Å². The zero-order valence-electron chi connectivity index (χ0n) is 7.71. The molecule has 0 aliphatic heterocycles. The van der Waals surface area contributed by atoms with E-state index in [1.54, 1.807) is 6.92 Å². The molecular formula is C8H17NO3. The maximum Gasteiger partial charge on any atom is 0.325 e. The number of esters is 1. The van der Waals surface area contributed by atoms with Gasteiger partial charge in [-0.3, -0.25) is 4.79 Å². The van der Waals surface area contributed by atoms with Gasteiger partial charge in [0.1, 0.15) is 6.04 Å². The summed E-state index contributed by atoms with van der Waals surface area (Å²) in [6.07, 6.45) is 0.926. The molecule has 0 aromatic carbocycles. The molecule has 0 radical (unpaired) electrons. The molecule has 0 spiro atoms. The molecule has 4 nitrogen and oxygen atoms in total. The third-order valence-corrected chi connectivity index (χ3v) is 1.24. The lowest BCUT2D eigenvalue weighted by Crippen LogP contribution is -2.36. The Morgan fingerprint density at radius 3 is 2.67 bits per heavy atom. The first-order chi connectivity index (χ1) is 5.72. The standard InChI is InChI=1S/C8H17NO3/c1-3-5-11-6-7(9)8(10)12-4-2/h7H,3-6,9H2,1-2H3. The molecule has 12 heavy (non-hydrogen) atoms. The molecule has 0 heterocycles. The van der Waals surface area contributed by atoms with Crippen LogP contribution in [0.4, 0.5) is 0 Å². The summed E-state index contributed by atoms with van der Waals surface area (Å²) in [4.78, 5) is 10.9. The first kappa shape index (κ1) is 11.4. The van der Waals surface area contributed by atoms with Gasteiger partial charge in [-0.1, -0.05) is 6.92 Å². The van der Waals surface area contributed by atoms with E-state index in [0.717, 1.165) is 6.42 Å². The van der Waals surface area contributed by atoms with Gasteiger partial charge in [-0.15, -0.1) is 0 Å². The molecule has 1 atom stereocenters. The van der Waals surface area contributed by atoms with E-state index in [4.69, 9.17) is 15.2 Å². The van der Waals surface area contributed by atoms with Crippen molar-refractivity contribution >= 4 is 5.97 Å². The van der Waals surface area contributed by atoms with Gasteiger partial charge < -0.3 is 15.2 Å². The van der Waals surface area contributed by atoms with Gasteiger partial charge in [0.25, 0.3) is 0 Å². The lowest BCUT2D eigenvalue weighted by Gasteiger charge is -2.09. The van der Waals surface area contributed by atoms with Crippen molar-refractivity contribution in [2.24, 2.45) is 5.73 Å². The van der Waals surface area contributed by atoms with Gasteiger partial charge in [0.2, 0.25) is 0 Å². The molecule has 0 aliphatic rings. The van der Waals surface area contributed by atoms with E-state index >= 15 is 0 Å². The van der Waals surface area contributed by atoms with E-state index in [1.807, 2.05) is 6.92 Å². The van der Waals surface area contributed by atoms with Crippen LogP contribution in [0.5, 0.6) is 0 Å². The van der Waals surface area contributed by atoms with Crippen molar-refractivity contribution in [3.05, 3.63) is 0 Å². The molecule has 0 amide bonds. The third-order valence-electron chi connectivity index (χ3n) is 1.24. The summed E-state index contributed by atoms with van der Waals surface area (Å²) in [5, 5.41) is 0. The van der Waals surface area contributed by atoms with E-state index in [0.29, 0.717) is 13.2 Å².